The Morgan fingerprint density at radius 3 is 3.00 bits per heavy atom. The number of nitrogens with zero attached hydrogens (tertiary/aromatic N) is 5. The lowest BCUT2D eigenvalue weighted by Crippen LogP contribution is -2.27. The molecule has 0 aliphatic carbocycles. The SMILES string of the molecule is CN(Cc1ccccn1)C(=O)c1nn[nH]n1. The highest BCUT2D eigenvalue weighted by molar-refractivity contribution is 5.89. The van der Waals surface area contributed by atoms with Crippen LogP contribution in [0, 0.1) is 0 Å². The van der Waals surface area contributed by atoms with E-state index in [0.29, 0.717) is 6.54 Å². The molecule has 7 nitrogen and oxygen atoms in total. The summed E-state index contributed by atoms with van der Waals surface area (Å²) >= 11 is 0. The fourth-order valence-electron chi connectivity index (χ4n) is 1.23. The molecule has 0 atom stereocenters. The predicted octanol–water partition coefficient (Wildman–Crippen LogP) is -0.133. The van der Waals surface area contributed by atoms with Crippen LogP contribution in [0.25, 0.3) is 0 Å². The van der Waals surface area contributed by atoms with Crippen molar-refractivity contribution in [3.05, 3.63) is 35.9 Å². The van der Waals surface area contributed by atoms with Crippen molar-refractivity contribution in [2.45, 2.75) is 6.54 Å². The van der Waals surface area contributed by atoms with Crippen LogP contribution in [0.2, 0.25) is 0 Å². The van der Waals surface area contributed by atoms with Crippen molar-refractivity contribution >= 4 is 5.91 Å². The molecule has 2 rings (SSSR count). The van der Waals surface area contributed by atoms with Gasteiger partial charge >= 0.3 is 0 Å². The second-order valence-corrected chi connectivity index (χ2v) is 3.22. The van der Waals surface area contributed by atoms with E-state index in [1.807, 2.05) is 18.2 Å². The lowest BCUT2D eigenvalue weighted by Gasteiger charge is -2.13. The third kappa shape index (κ3) is 2.19. The van der Waals surface area contributed by atoms with Gasteiger partial charge in [-0.2, -0.15) is 5.21 Å². The molecule has 0 unspecified atom stereocenters. The summed E-state index contributed by atoms with van der Waals surface area (Å²) in [5.41, 5.74) is 0.807. The minimum atomic E-state index is -0.292. The van der Waals surface area contributed by atoms with E-state index in [2.05, 4.69) is 25.6 Å². The van der Waals surface area contributed by atoms with E-state index in [-0.39, 0.29) is 11.7 Å². The van der Waals surface area contributed by atoms with Gasteiger partial charge in [-0.25, -0.2) is 0 Å². The maximum atomic E-state index is 11.7. The van der Waals surface area contributed by atoms with Crippen molar-refractivity contribution in [2.75, 3.05) is 7.05 Å². The van der Waals surface area contributed by atoms with Gasteiger partial charge in [-0.05, 0) is 17.3 Å². The van der Waals surface area contributed by atoms with Crippen LogP contribution in [-0.4, -0.2) is 43.5 Å². The highest BCUT2D eigenvalue weighted by atomic mass is 16.2. The van der Waals surface area contributed by atoms with Crippen LogP contribution in [0.5, 0.6) is 0 Å². The van der Waals surface area contributed by atoms with Gasteiger partial charge in [0.15, 0.2) is 0 Å². The summed E-state index contributed by atoms with van der Waals surface area (Å²) in [5.74, 6) is -0.238. The zero-order valence-corrected chi connectivity index (χ0v) is 8.66. The molecule has 1 amide bonds. The molecule has 0 fully saturated rings. The van der Waals surface area contributed by atoms with Crippen LogP contribution in [-0.2, 0) is 6.54 Å². The van der Waals surface area contributed by atoms with E-state index in [1.165, 1.54) is 4.90 Å². The third-order valence-electron chi connectivity index (χ3n) is 2.01. The first-order chi connectivity index (χ1) is 7.77. The summed E-state index contributed by atoms with van der Waals surface area (Å²) in [6.45, 7) is 0.411. The van der Waals surface area contributed by atoms with Crippen LogP contribution >= 0.6 is 0 Å². The topological polar surface area (TPSA) is 87.7 Å². The Bertz CT molecular complexity index is 454. The molecule has 2 aromatic rings. The lowest BCUT2D eigenvalue weighted by atomic mass is 10.3. The van der Waals surface area contributed by atoms with Crippen molar-refractivity contribution in [1.82, 2.24) is 30.5 Å². The molecular formula is C9H10N6O. The number of amides is 1. The number of aromatic nitrogens is 5. The first-order valence-electron chi connectivity index (χ1n) is 4.66. The molecule has 0 aliphatic rings. The normalized spacial score (nSPS) is 10.1. The van der Waals surface area contributed by atoms with E-state index in [1.54, 1.807) is 13.2 Å². The minimum absolute atomic E-state index is 0.0541. The van der Waals surface area contributed by atoms with Gasteiger partial charge in [-0.1, -0.05) is 6.07 Å². The molecule has 0 spiro atoms. The van der Waals surface area contributed by atoms with Gasteiger partial charge in [-0.15, -0.1) is 10.2 Å². The van der Waals surface area contributed by atoms with Gasteiger partial charge in [0.05, 0.1) is 12.2 Å². The van der Waals surface area contributed by atoms with E-state index in [9.17, 15) is 4.79 Å². The number of hydrogen-bond donors (Lipinski definition) is 1. The fourth-order valence-corrected chi connectivity index (χ4v) is 1.23. The molecule has 16 heavy (non-hydrogen) atoms. The number of H-pyrrole nitrogens is 1. The summed E-state index contributed by atoms with van der Waals surface area (Å²) in [4.78, 5) is 17.3. The maximum absolute atomic E-state index is 11.7. The predicted molar refractivity (Wildman–Crippen MR) is 54.2 cm³/mol. The van der Waals surface area contributed by atoms with Crippen molar-refractivity contribution in [1.29, 1.82) is 0 Å². The zero-order chi connectivity index (χ0) is 11.4. The standard InChI is InChI=1S/C9H10N6O/c1-15(6-7-4-2-3-5-10-7)9(16)8-11-13-14-12-8/h2-5H,6H2,1H3,(H,11,12,13,14). The van der Waals surface area contributed by atoms with Crippen molar-refractivity contribution in [2.24, 2.45) is 0 Å². The maximum Gasteiger partial charge on any atom is 0.295 e. The van der Waals surface area contributed by atoms with E-state index >= 15 is 0 Å². The Hall–Kier alpha value is -2.31. The zero-order valence-electron chi connectivity index (χ0n) is 8.66. The molecule has 0 radical (unpaired) electrons. The Labute approximate surface area is 91.5 Å². The Balaban J connectivity index is 2.04. The van der Waals surface area contributed by atoms with E-state index in [0.717, 1.165) is 5.69 Å². The summed E-state index contributed by atoms with van der Waals surface area (Å²) in [5, 5.41) is 12.8. The summed E-state index contributed by atoms with van der Waals surface area (Å²) in [7, 11) is 1.66. The fraction of sp³-hybridized carbons (Fsp3) is 0.222. The molecule has 2 heterocycles. The van der Waals surface area contributed by atoms with Crippen LogP contribution in [0.4, 0.5) is 0 Å². The van der Waals surface area contributed by atoms with Crippen molar-refractivity contribution in [3.63, 3.8) is 0 Å². The Morgan fingerprint density at radius 1 is 1.50 bits per heavy atom. The van der Waals surface area contributed by atoms with Crippen LogP contribution in [0.15, 0.2) is 24.4 Å². The number of hydrogen-bond acceptors (Lipinski definition) is 5. The van der Waals surface area contributed by atoms with Gasteiger partial charge < -0.3 is 4.90 Å². The van der Waals surface area contributed by atoms with Gasteiger partial charge in [0.2, 0.25) is 0 Å². The Morgan fingerprint density at radius 2 is 2.38 bits per heavy atom. The average molecular weight is 218 g/mol. The number of carbonyl (C=O) groups excluding carboxylic acids is 1. The minimum Gasteiger partial charge on any atom is -0.333 e. The summed E-state index contributed by atoms with van der Waals surface area (Å²) in [6, 6.07) is 5.54. The second kappa shape index (κ2) is 4.47. The second-order valence-electron chi connectivity index (χ2n) is 3.22. The smallest absolute Gasteiger partial charge is 0.295 e. The van der Waals surface area contributed by atoms with Gasteiger partial charge in [-0.3, -0.25) is 9.78 Å². The number of aromatic amines is 1. The number of nitrogens with one attached hydrogen (secondary N) is 1. The number of rotatable bonds is 3. The van der Waals surface area contributed by atoms with E-state index < -0.39 is 0 Å². The third-order valence-corrected chi connectivity index (χ3v) is 2.01. The Kier molecular flexibility index (Phi) is 2.86. The first-order valence-corrected chi connectivity index (χ1v) is 4.66. The molecule has 1 N–H and O–H groups in total. The van der Waals surface area contributed by atoms with Gasteiger partial charge in [0, 0.05) is 13.2 Å². The van der Waals surface area contributed by atoms with Crippen LogP contribution in [0.3, 0.4) is 0 Å². The molecule has 0 bridgehead atoms. The molecule has 0 saturated heterocycles. The monoisotopic (exact) mass is 218 g/mol. The summed E-state index contributed by atoms with van der Waals surface area (Å²) < 4.78 is 0. The van der Waals surface area contributed by atoms with Crippen molar-refractivity contribution < 1.29 is 4.79 Å². The molecule has 7 heteroatoms. The summed E-state index contributed by atoms with van der Waals surface area (Å²) in [6.07, 6.45) is 1.68. The molecule has 0 saturated carbocycles. The van der Waals surface area contributed by atoms with Gasteiger partial charge in [0.1, 0.15) is 0 Å². The molecular weight excluding hydrogens is 208 g/mol. The lowest BCUT2D eigenvalue weighted by molar-refractivity contribution is 0.0771. The quantitative estimate of drug-likeness (QED) is 0.775. The molecule has 2 aromatic heterocycles. The number of pyridine rings is 1. The molecule has 0 aromatic carbocycles. The molecule has 0 aliphatic heterocycles. The highest BCUT2D eigenvalue weighted by Crippen LogP contribution is 2.01. The number of carbonyl (C=O) groups is 1. The molecule has 82 valence electrons. The first kappa shape index (κ1) is 10.2. The number of tetrazole rings is 1. The van der Waals surface area contributed by atoms with Crippen molar-refractivity contribution in [3.8, 4) is 0 Å². The highest BCUT2D eigenvalue weighted by Gasteiger charge is 2.16. The van der Waals surface area contributed by atoms with Crippen LogP contribution < -0.4 is 0 Å². The largest absolute Gasteiger partial charge is 0.333 e. The van der Waals surface area contributed by atoms with E-state index in [4.69, 9.17) is 0 Å². The average Bonchev–Trinajstić information content (AvgIpc) is 2.83. The van der Waals surface area contributed by atoms with Gasteiger partial charge in [0.25, 0.3) is 11.7 Å². The van der Waals surface area contributed by atoms with Crippen LogP contribution in [0.1, 0.15) is 16.3 Å².